The third-order valence-corrected chi connectivity index (χ3v) is 6.20. The van der Waals surface area contributed by atoms with Crippen molar-refractivity contribution in [2.24, 2.45) is 5.92 Å². The Morgan fingerprint density at radius 3 is 2.36 bits per heavy atom. The van der Waals surface area contributed by atoms with Gasteiger partial charge in [-0.2, -0.15) is 0 Å². The summed E-state index contributed by atoms with van der Waals surface area (Å²) in [6, 6.07) is 12.6. The second-order valence-electron chi connectivity index (χ2n) is 7.26. The molecule has 1 aliphatic rings. The predicted octanol–water partition coefficient (Wildman–Crippen LogP) is 6.79. The lowest BCUT2D eigenvalue weighted by atomic mass is 9.83. The molecule has 6 heteroatoms. The normalized spacial score (nSPS) is 19.2. The average molecular weight is 441 g/mol. The molecule has 0 saturated heterocycles. The van der Waals surface area contributed by atoms with Gasteiger partial charge in [0.15, 0.2) is 0 Å². The van der Waals surface area contributed by atoms with Crippen molar-refractivity contribution in [3.05, 3.63) is 63.1 Å². The van der Waals surface area contributed by atoms with Gasteiger partial charge in [-0.25, -0.2) is 0 Å². The van der Waals surface area contributed by atoms with Crippen LogP contribution in [-0.2, 0) is 0 Å². The molecule has 2 aromatic carbocycles. The van der Waals surface area contributed by atoms with Crippen molar-refractivity contribution in [3.8, 4) is 5.75 Å². The summed E-state index contributed by atoms with van der Waals surface area (Å²) in [6.07, 6.45) is 6.47. The van der Waals surface area contributed by atoms with Gasteiger partial charge >= 0.3 is 0 Å². The van der Waals surface area contributed by atoms with E-state index in [4.69, 9.17) is 39.5 Å². The summed E-state index contributed by atoms with van der Waals surface area (Å²) in [4.78, 5) is 12.3. The summed E-state index contributed by atoms with van der Waals surface area (Å²) in [5.41, 5.74) is 0.658. The second kappa shape index (κ2) is 10.4. The van der Waals surface area contributed by atoms with Gasteiger partial charge in [-0.1, -0.05) is 34.8 Å². The lowest BCUT2D eigenvalue weighted by molar-refractivity contribution is 0.0920. The summed E-state index contributed by atoms with van der Waals surface area (Å²) < 4.78 is 5.75. The van der Waals surface area contributed by atoms with E-state index in [9.17, 15) is 4.79 Å². The van der Waals surface area contributed by atoms with Gasteiger partial charge in [0, 0.05) is 22.7 Å². The van der Waals surface area contributed by atoms with Crippen LogP contribution in [0, 0.1) is 5.92 Å². The third kappa shape index (κ3) is 6.30. The van der Waals surface area contributed by atoms with Gasteiger partial charge < -0.3 is 10.1 Å². The summed E-state index contributed by atoms with van der Waals surface area (Å²) in [5, 5.41) is 4.83. The predicted molar refractivity (Wildman–Crippen MR) is 116 cm³/mol. The van der Waals surface area contributed by atoms with E-state index in [1.807, 2.05) is 6.07 Å². The molecule has 3 rings (SSSR count). The van der Waals surface area contributed by atoms with Crippen molar-refractivity contribution >= 4 is 40.7 Å². The van der Waals surface area contributed by atoms with Gasteiger partial charge in [0.1, 0.15) is 5.75 Å². The minimum atomic E-state index is -0.0184. The van der Waals surface area contributed by atoms with E-state index in [2.05, 4.69) is 5.32 Å². The number of nitrogens with one attached hydrogen (secondary N) is 1. The Morgan fingerprint density at radius 1 is 0.964 bits per heavy atom. The largest absolute Gasteiger partial charge is 0.494 e. The van der Waals surface area contributed by atoms with Crippen LogP contribution in [0.25, 0.3) is 0 Å². The van der Waals surface area contributed by atoms with Gasteiger partial charge in [-0.15, -0.1) is 0 Å². The van der Waals surface area contributed by atoms with Crippen LogP contribution in [0.4, 0.5) is 0 Å². The summed E-state index contributed by atoms with van der Waals surface area (Å²) in [5.74, 6) is 1.43. The quantitative estimate of drug-likeness (QED) is 0.481. The average Bonchev–Trinajstić information content (AvgIpc) is 2.69. The maximum atomic E-state index is 12.3. The maximum Gasteiger partial charge on any atom is 0.251 e. The fraction of sp³-hybridized carbons (Fsp3) is 0.409. The maximum absolute atomic E-state index is 12.3. The topological polar surface area (TPSA) is 38.3 Å². The molecule has 0 spiro atoms. The van der Waals surface area contributed by atoms with Crippen LogP contribution in [0.15, 0.2) is 42.5 Å². The van der Waals surface area contributed by atoms with Crippen LogP contribution in [0.5, 0.6) is 5.75 Å². The van der Waals surface area contributed by atoms with Gasteiger partial charge in [0.05, 0.1) is 16.7 Å². The lowest BCUT2D eigenvalue weighted by Crippen LogP contribution is -2.37. The summed E-state index contributed by atoms with van der Waals surface area (Å²) >= 11 is 17.8. The van der Waals surface area contributed by atoms with Crippen molar-refractivity contribution < 1.29 is 9.53 Å². The molecular weight excluding hydrogens is 417 g/mol. The zero-order valence-corrected chi connectivity index (χ0v) is 17.9. The minimum Gasteiger partial charge on any atom is -0.494 e. The molecule has 0 bridgehead atoms. The highest BCUT2D eigenvalue weighted by molar-refractivity contribution is 6.42. The van der Waals surface area contributed by atoms with E-state index in [1.165, 1.54) is 0 Å². The standard InChI is InChI=1S/C22H24Cl3NO2/c23-17-7-5-16(6-8-17)22(27)26-18-9-3-15(4-10-18)2-1-13-28-19-11-12-20(24)21(25)14-19/h5-8,11-12,14-15,18H,1-4,9-10,13H2,(H,26,27). The molecule has 28 heavy (non-hydrogen) atoms. The summed E-state index contributed by atoms with van der Waals surface area (Å²) in [7, 11) is 0. The van der Waals surface area contributed by atoms with Crippen molar-refractivity contribution in [1.29, 1.82) is 0 Å². The Bertz CT molecular complexity index is 787. The molecule has 1 aliphatic carbocycles. The molecule has 0 heterocycles. The van der Waals surface area contributed by atoms with E-state index in [1.54, 1.807) is 36.4 Å². The Morgan fingerprint density at radius 2 is 1.68 bits per heavy atom. The van der Waals surface area contributed by atoms with E-state index in [-0.39, 0.29) is 11.9 Å². The first-order chi connectivity index (χ1) is 13.5. The third-order valence-electron chi connectivity index (χ3n) is 5.20. The van der Waals surface area contributed by atoms with Crippen LogP contribution >= 0.6 is 34.8 Å². The van der Waals surface area contributed by atoms with Crippen molar-refractivity contribution in [2.75, 3.05) is 6.61 Å². The zero-order chi connectivity index (χ0) is 19.9. The minimum absolute atomic E-state index is 0.0184. The molecule has 0 unspecified atom stereocenters. The zero-order valence-electron chi connectivity index (χ0n) is 15.6. The first-order valence-electron chi connectivity index (χ1n) is 9.65. The number of halogens is 3. The molecule has 0 radical (unpaired) electrons. The number of hydrogen-bond acceptors (Lipinski definition) is 2. The molecule has 150 valence electrons. The highest BCUT2D eigenvalue weighted by Crippen LogP contribution is 2.29. The number of rotatable bonds is 7. The number of carbonyl (C=O) groups excluding carboxylic acids is 1. The number of carbonyl (C=O) groups is 1. The number of amides is 1. The molecule has 1 amide bonds. The van der Waals surface area contributed by atoms with E-state index >= 15 is 0 Å². The number of ether oxygens (including phenoxy) is 1. The second-order valence-corrected chi connectivity index (χ2v) is 8.52. The number of benzene rings is 2. The fourth-order valence-corrected chi connectivity index (χ4v) is 4.01. The fourth-order valence-electron chi connectivity index (χ4n) is 3.59. The molecule has 0 aliphatic heterocycles. The van der Waals surface area contributed by atoms with Crippen molar-refractivity contribution in [2.45, 2.75) is 44.6 Å². The summed E-state index contributed by atoms with van der Waals surface area (Å²) in [6.45, 7) is 0.672. The Labute approximate surface area is 181 Å². The Kier molecular flexibility index (Phi) is 7.90. The first-order valence-corrected chi connectivity index (χ1v) is 10.8. The molecule has 1 N–H and O–H groups in total. The molecule has 3 nitrogen and oxygen atoms in total. The molecule has 2 aromatic rings. The SMILES string of the molecule is O=C(NC1CCC(CCCOc2ccc(Cl)c(Cl)c2)CC1)c1ccc(Cl)cc1. The molecule has 0 atom stereocenters. The Hall–Kier alpha value is -1.42. The van der Waals surface area contributed by atoms with E-state index in [0.717, 1.165) is 44.3 Å². The first kappa shape index (κ1) is 21.3. The molecule has 1 fully saturated rings. The molecular formula is C22H24Cl3NO2. The van der Waals surface area contributed by atoms with E-state index < -0.39 is 0 Å². The van der Waals surface area contributed by atoms with Crippen molar-refractivity contribution in [3.63, 3.8) is 0 Å². The van der Waals surface area contributed by atoms with Gasteiger partial charge in [-0.3, -0.25) is 4.79 Å². The van der Waals surface area contributed by atoms with Crippen LogP contribution in [-0.4, -0.2) is 18.6 Å². The monoisotopic (exact) mass is 439 g/mol. The molecule has 1 saturated carbocycles. The Balaban J connectivity index is 1.33. The highest BCUT2D eigenvalue weighted by Gasteiger charge is 2.22. The van der Waals surface area contributed by atoms with Crippen LogP contribution in [0.1, 0.15) is 48.9 Å². The van der Waals surface area contributed by atoms with Crippen molar-refractivity contribution in [1.82, 2.24) is 5.32 Å². The molecule has 0 aromatic heterocycles. The highest BCUT2D eigenvalue weighted by atomic mass is 35.5. The smallest absolute Gasteiger partial charge is 0.251 e. The van der Waals surface area contributed by atoms with Gasteiger partial charge in [0.2, 0.25) is 0 Å². The van der Waals surface area contributed by atoms with Gasteiger partial charge in [0.25, 0.3) is 5.91 Å². The van der Waals surface area contributed by atoms with Crippen LogP contribution in [0.3, 0.4) is 0 Å². The van der Waals surface area contributed by atoms with Crippen LogP contribution in [0.2, 0.25) is 15.1 Å². The lowest BCUT2D eigenvalue weighted by Gasteiger charge is -2.29. The van der Waals surface area contributed by atoms with Crippen LogP contribution < -0.4 is 10.1 Å². The van der Waals surface area contributed by atoms with E-state index in [0.29, 0.717) is 33.2 Å². The van der Waals surface area contributed by atoms with Gasteiger partial charge in [-0.05, 0) is 80.8 Å². The number of hydrogen-bond donors (Lipinski definition) is 1.